The van der Waals surface area contributed by atoms with Gasteiger partial charge in [-0.15, -0.1) is 0 Å². The fourth-order valence-electron chi connectivity index (χ4n) is 7.30. The third-order valence-corrected chi connectivity index (χ3v) is 11.3. The fraction of sp³-hybridized carbons (Fsp3) is 0.417. The van der Waals surface area contributed by atoms with E-state index < -0.39 is 56.4 Å². The number of nitrogen functional groups attached to an aromatic ring is 1. The Hall–Kier alpha value is -5.34. The highest BCUT2D eigenvalue weighted by Crippen LogP contribution is 2.39. The zero-order chi connectivity index (χ0) is 40.4. The van der Waals surface area contributed by atoms with Crippen LogP contribution in [0.25, 0.3) is 11.2 Å². The maximum atomic E-state index is 13.1. The van der Waals surface area contributed by atoms with Crippen LogP contribution in [-0.2, 0) is 41.3 Å². The third kappa shape index (κ3) is 8.66. The number of aliphatic hydroxyl groups excluding tert-OH is 2. The van der Waals surface area contributed by atoms with Gasteiger partial charge in [-0.25, -0.2) is 14.2 Å². The lowest BCUT2D eigenvalue weighted by atomic mass is 10.0. The highest BCUT2D eigenvalue weighted by Gasteiger charge is 2.48. The van der Waals surface area contributed by atoms with Gasteiger partial charge >= 0.3 is 13.4 Å². The van der Waals surface area contributed by atoms with Gasteiger partial charge in [0.25, 0.3) is 17.4 Å². The molecule has 21 heteroatoms. The SMILES string of the molecule is Nc1nc2c(c(=O)[nH]1)n(Cc1ccccc1)c[n+]2C1OC(COP(=O)(O)NCCCCCC(=O)Nc2cccc3c2CN(C2CCC(=O)NC2=O)C3=O)C(O)C1O. The Balaban J connectivity index is 0.864. The number of unbranched alkanes of at least 4 members (excludes halogenated alkanes) is 2. The van der Waals surface area contributed by atoms with Crippen LogP contribution in [-0.4, -0.2) is 95.7 Å². The molecule has 5 heterocycles. The van der Waals surface area contributed by atoms with E-state index in [1.807, 2.05) is 30.3 Å². The topological polar surface area (TPSA) is 284 Å². The predicted molar refractivity (Wildman–Crippen MR) is 200 cm³/mol. The molecule has 6 atom stereocenters. The van der Waals surface area contributed by atoms with E-state index in [0.717, 1.165) is 5.56 Å². The second-order valence-electron chi connectivity index (χ2n) is 14.1. The second kappa shape index (κ2) is 16.6. The first-order chi connectivity index (χ1) is 27.3. The molecule has 3 aliphatic rings. The lowest BCUT2D eigenvalue weighted by Crippen LogP contribution is -2.52. The number of aromatic amines is 1. The summed E-state index contributed by atoms with van der Waals surface area (Å²) in [6.45, 7) is -0.100. The monoisotopic (exact) mass is 808 g/mol. The molecule has 0 radical (unpaired) electrons. The summed E-state index contributed by atoms with van der Waals surface area (Å²) in [6.07, 6.45) is -2.13. The van der Waals surface area contributed by atoms with E-state index in [1.165, 1.54) is 15.8 Å². The molecule has 9 N–H and O–H groups in total. The Kier molecular flexibility index (Phi) is 11.6. The number of ether oxygens (including phenoxy) is 1. The first-order valence-electron chi connectivity index (χ1n) is 18.4. The van der Waals surface area contributed by atoms with Crippen molar-refractivity contribution in [3.05, 3.63) is 81.9 Å². The average Bonchev–Trinajstić information content (AvgIpc) is 3.79. The van der Waals surface area contributed by atoms with Gasteiger partial charge in [0, 0.05) is 42.7 Å². The zero-order valence-electron chi connectivity index (χ0n) is 30.6. The van der Waals surface area contributed by atoms with Gasteiger partial charge in [0.15, 0.2) is 6.33 Å². The maximum absolute atomic E-state index is 13.1. The summed E-state index contributed by atoms with van der Waals surface area (Å²) < 4.78 is 26.9. The Labute approximate surface area is 324 Å². The van der Waals surface area contributed by atoms with E-state index >= 15 is 0 Å². The van der Waals surface area contributed by atoms with E-state index in [2.05, 4.69) is 25.7 Å². The van der Waals surface area contributed by atoms with Crippen LogP contribution < -0.4 is 31.6 Å². The molecule has 2 aromatic heterocycles. The van der Waals surface area contributed by atoms with Crippen molar-refractivity contribution in [2.45, 2.75) is 82.2 Å². The number of benzene rings is 2. The van der Waals surface area contributed by atoms with Gasteiger partial charge in [0.05, 0.1) is 13.2 Å². The minimum absolute atomic E-state index is 0.0671. The largest absolute Gasteiger partial charge is 0.403 e. The molecule has 6 unspecified atom stereocenters. The number of rotatable bonds is 15. The van der Waals surface area contributed by atoms with Crippen molar-refractivity contribution < 1.29 is 52.7 Å². The van der Waals surface area contributed by atoms with E-state index in [4.69, 9.17) is 15.0 Å². The van der Waals surface area contributed by atoms with Crippen LogP contribution in [0.5, 0.6) is 0 Å². The smallest absolute Gasteiger partial charge is 0.387 e. The number of fused-ring (bicyclic) bond motifs is 2. The molecule has 0 aliphatic carbocycles. The van der Waals surface area contributed by atoms with E-state index in [-0.39, 0.29) is 73.7 Å². The molecule has 7 rings (SSSR count). The number of carbonyl (C=O) groups is 4. The molecule has 2 fully saturated rings. The molecule has 2 aromatic carbocycles. The molecular formula is C36H43N9O11P+. The Morgan fingerprint density at radius 2 is 1.86 bits per heavy atom. The van der Waals surface area contributed by atoms with Crippen LogP contribution in [0, 0.1) is 0 Å². The van der Waals surface area contributed by atoms with E-state index in [0.29, 0.717) is 36.1 Å². The molecule has 2 saturated heterocycles. The van der Waals surface area contributed by atoms with Gasteiger partial charge in [-0.2, -0.15) is 0 Å². The van der Waals surface area contributed by atoms with Crippen molar-refractivity contribution in [2.75, 3.05) is 24.2 Å². The van der Waals surface area contributed by atoms with Gasteiger partial charge in [-0.3, -0.25) is 43.4 Å². The highest BCUT2D eigenvalue weighted by atomic mass is 31.2. The standard InChI is InChI=1S/C36H42N9O11P/c37-36-41-31-28(33(51)42-36)43(16-20-8-3-1-4-9-20)19-45(31)35-30(49)29(48)25(56-35)18-55-57(53,54)38-15-6-2-5-12-26(46)39-23-11-7-10-21-22(23)17-44(34(21)52)24-13-14-27(47)40-32(24)50/h1,3-4,7-11,19,24-25,29-30,35,48-49H,2,5-6,12-18H2,(H6-,37,38,39,40,41,42,46,47,50,51,53,54)/p+1. The highest BCUT2D eigenvalue weighted by molar-refractivity contribution is 7.50. The summed E-state index contributed by atoms with van der Waals surface area (Å²) in [6, 6.07) is 13.5. The minimum atomic E-state index is -4.38. The molecule has 4 aromatic rings. The number of anilines is 2. The Bertz CT molecular complexity index is 2300. The molecule has 4 amide bonds. The second-order valence-corrected chi connectivity index (χ2v) is 15.7. The Morgan fingerprint density at radius 1 is 1.07 bits per heavy atom. The van der Waals surface area contributed by atoms with Gasteiger partial charge in [-0.1, -0.05) is 47.8 Å². The minimum Gasteiger partial charge on any atom is -0.387 e. The van der Waals surface area contributed by atoms with Gasteiger partial charge < -0.3 is 35.8 Å². The van der Waals surface area contributed by atoms with Crippen LogP contribution in [0.1, 0.15) is 66.2 Å². The molecule has 57 heavy (non-hydrogen) atoms. The molecule has 3 aliphatic heterocycles. The number of imide groups is 1. The number of aliphatic hydroxyl groups is 2. The van der Waals surface area contributed by atoms with Gasteiger partial charge in [-0.05, 0) is 37.0 Å². The quantitative estimate of drug-likeness (QED) is 0.0338. The van der Waals surface area contributed by atoms with Crippen LogP contribution in [0.2, 0.25) is 0 Å². The zero-order valence-corrected chi connectivity index (χ0v) is 31.5. The lowest BCUT2D eigenvalue weighted by Gasteiger charge is -2.29. The van der Waals surface area contributed by atoms with Crippen LogP contribution in [0.15, 0.2) is 59.7 Å². The predicted octanol–water partition coefficient (Wildman–Crippen LogP) is -0.0715. The first kappa shape index (κ1) is 39.9. The number of nitrogens with two attached hydrogens (primary N) is 1. The first-order valence-corrected chi connectivity index (χ1v) is 20.0. The number of amides is 4. The maximum Gasteiger partial charge on any atom is 0.403 e. The summed E-state index contributed by atoms with van der Waals surface area (Å²) >= 11 is 0. The molecular weight excluding hydrogens is 765 g/mol. The number of hydrogen-bond donors (Lipinski definition) is 8. The van der Waals surface area contributed by atoms with Crippen LogP contribution in [0.4, 0.5) is 11.6 Å². The number of carbonyl (C=O) groups excluding carboxylic acids is 4. The van der Waals surface area contributed by atoms with Crippen molar-refractivity contribution in [3.8, 4) is 0 Å². The summed E-state index contributed by atoms with van der Waals surface area (Å²) in [5.41, 5.74) is 7.86. The van der Waals surface area contributed by atoms with Crippen molar-refractivity contribution in [1.82, 2.24) is 29.8 Å². The summed E-state index contributed by atoms with van der Waals surface area (Å²) in [5.74, 6) is -1.71. The van der Waals surface area contributed by atoms with Crippen molar-refractivity contribution in [1.29, 1.82) is 0 Å². The van der Waals surface area contributed by atoms with Crippen molar-refractivity contribution in [2.24, 2.45) is 0 Å². The molecule has 302 valence electrons. The van der Waals surface area contributed by atoms with Crippen molar-refractivity contribution >= 4 is 54.2 Å². The number of nitrogens with zero attached hydrogens (tertiary/aromatic N) is 4. The number of hydrogen-bond acceptors (Lipinski definition) is 12. The number of nitrogens with one attached hydrogen (secondary N) is 4. The number of imidazole rings is 1. The summed E-state index contributed by atoms with van der Waals surface area (Å²) in [4.78, 5) is 81.3. The molecule has 0 bridgehead atoms. The third-order valence-electron chi connectivity index (χ3n) is 10.2. The molecule has 20 nitrogen and oxygen atoms in total. The van der Waals surface area contributed by atoms with Gasteiger partial charge in [0.2, 0.25) is 29.5 Å². The molecule has 0 saturated carbocycles. The van der Waals surface area contributed by atoms with Crippen LogP contribution >= 0.6 is 7.75 Å². The fourth-order valence-corrected chi connectivity index (χ4v) is 8.18. The summed E-state index contributed by atoms with van der Waals surface area (Å²) in [7, 11) is -4.38. The average molecular weight is 809 g/mol. The Morgan fingerprint density at radius 3 is 2.63 bits per heavy atom. The number of H-pyrrole nitrogens is 1. The lowest BCUT2D eigenvalue weighted by molar-refractivity contribution is -0.745. The van der Waals surface area contributed by atoms with Gasteiger partial charge in [0.1, 0.15) is 24.4 Å². The number of aromatic nitrogens is 4. The molecule has 0 spiro atoms. The van der Waals surface area contributed by atoms with E-state index in [1.54, 1.807) is 22.8 Å². The summed E-state index contributed by atoms with van der Waals surface area (Å²) in [5, 5.41) is 29.3. The normalized spacial score (nSPS) is 23.1. The number of piperidine rings is 1. The van der Waals surface area contributed by atoms with Crippen LogP contribution in [0.3, 0.4) is 0 Å². The van der Waals surface area contributed by atoms with E-state index in [9.17, 15) is 43.6 Å². The van der Waals surface area contributed by atoms with Crippen molar-refractivity contribution in [3.63, 3.8) is 0 Å².